The van der Waals surface area contributed by atoms with Gasteiger partial charge in [0.15, 0.2) is 0 Å². The Kier molecular flexibility index (Phi) is 15.7. The third-order valence-corrected chi connectivity index (χ3v) is 0. The van der Waals surface area contributed by atoms with E-state index in [0.29, 0.717) is 0 Å². The molecule has 0 bridgehead atoms. The van der Waals surface area contributed by atoms with E-state index in [1.807, 2.05) is 0 Å². The molecule has 0 atom stereocenters. The quantitative estimate of drug-likeness (QED) is 0.482. The Morgan fingerprint density at radius 1 is 0.526 bits per heavy atom. The summed E-state index contributed by atoms with van der Waals surface area (Å²) in [6, 6.07) is 0. The van der Waals surface area contributed by atoms with Crippen LogP contribution >= 0.6 is 0 Å². The van der Waals surface area contributed by atoms with Crippen LogP contribution in [0.5, 0.6) is 0 Å². The third-order valence-electron chi connectivity index (χ3n) is 0. The predicted octanol–water partition coefficient (Wildman–Crippen LogP) is 3.99. The van der Waals surface area contributed by atoms with E-state index in [0.717, 1.165) is 0 Å². The molecule has 0 aliphatic carbocycles. The molecule has 0 aromatic heterocycles. The van der Waals surface area contributed by atoms with Gasteiger partial charge in [0.05, 0.1) is 0 Å². The summed E-state index contributed by atoms with van der Waals surface area (Å²) < 4.78 is 117. The third kappa shape index (κ3) is 8650. The second-order valence-electron chi connectivity index (χ2n) is 2.38. The molecule has 0 N–H and O–H groups in total. The molecule has 0 aliphatic rings. The molecule has 0 saturated heterocycles. The minimum absolute atomic E-state index is 1.25. The van der Waals surface area contributed by atoms with Crippen LogP contribution in [0.3, 0.4) is 0 Å². The molecule has 116 valence electrons. The van der Waals surface area contributed by atoms with Gasteiger partial charge in [0.2, 0.25) is 0 Å². The maximum absolute atomic E-state index is 9.75. The van der Waals surface area contributed by atoms with Gasteiger partial charge in [0, 0.05) is 0 Å². The molecule has 0 unspecified atom stereocenters. The van der Waals surface area contributed by atoms with Crippen LogP contribution in [0.1, 0.15) is 0 Å². The van der Waals surface area contributed by atoms with Crippen molar-refractivity contribution in [2.24, 2.45) is 0 Å². The van der Waals surface area contributed by atoms with Gasteiger partial charge < -0.3 is 51.8 Å². The van der Waals surface area contributed by atoms with Crippen molar-refractivity contribution in [1.29, 1.82) is 0 Å². The molecule has 19 heavy (non-hydrogen) atoms. The average Bonchev–Trinajstić information content (AvgIpc) is 1.66. The number of hydrogen-bond donors (Lipinski definition) is 0. The van der Waals surface area contributed by atoms with Crippen molar-refractivity contribution in [3.05, 3.63) is 7.05 Å². The van der Waals surface area contributed by atoms with Gasteiger partial charge in [-0.25, -0.2) is 0 Å². The van der Waals surface area contributed by atoms with Gasteiger partial charge in [0.1, 0.15) is 0 Å². The van der Waals surface area contributed by atoms with Crippen LogP contribution in [0.25, 0.3) is 0 Å². The van der Waals surface area contributed by atoms with Gasteiger partial charge in [-0.3, -0.25) is 0 Å². The topological polar surface area (TPSA) is 3.24 Å². The molecule has 0 rings (SSSR count). The van der Waals surface area contributed by atoms with Crippen molar-refractivity contribution >= 4 is 21.8 Å². The fourth-order valence-electron chi connectivity index (χ4n) is 0. The zero-order valence-corrected chi connectivity index (χ0v) is 9.21. The molecule has 0 aromatic carbocycles. The summed E-state index contributed by atoms with van der Waals surface area (Å²) in [6.45, 7) is 0. The molecule has 0 radical (unpaired) electrons. The average molecular weight is 317 g/mol. The van der Waals surface area contributed by atoms with Gasteiger partial charge in [-0.05, 0) is 0 Å². The Labute approximate surface area is 101 Å². The van der Waals surface area contributed by atoms with Gasteiger partial charge in [-0.15, -0.1) is 0 Å². The number of rotatable bonds is 0. The summed E-state index contributed by atoms with van der Waals surface area (Å²) >= 11 is 0. The molecule has 0 spiro atoms. The van der Waals surface area contributed by atoms with Gasteiger partial charge >= 0.3 is 47.8 Å². The van der Waals surface area contributed by atoms with Crippen LogP contribution in [-0.2, 0) is 0 Å². The molecular weight excluding hydrogens is 310 g/mol. The Bertz CT molecular complexity index is 133. The summed E-state index contributed by atoms with van der Waals surface area (Å²) in [6.07, 6.45) is 0. The van der Waals surface area contributed by atoms with E-state index in [2.05, 4.69) is 0 Å². The molecular formula is C3H6B3F12N. The molecule has 1 nitrogen and oxygen atoms in total. The second-order valence-corrected chi connectivity index (χ2v) is 2.38. The van der Waals surface area contributed by atoms with E-state index in [-0.39, 0.29) is 0 Å². The van der Waals surface area contributed by atoms with Crippen LogP contribution < -0.4 is 0 Å². The van der Waals surface area contributed by atoms with Gasteiger partial charge in [-0.1, -0.05) is 0 Å². The first-order valence-electron chi connectivity index (χ1n) is 3.74. The standard InChI is InChI=1S/C3H6N.3BF4/c1-4(2)3;3*2-1(3,4)5/h1-2H3;;;/q+3;3*-1. The molecule has 0 heterocycles. The summed E-state index contributed by atoms with van der Waals surface area (Å²) in [5, 5.41) is 0. The zero-order chi connectivity index (χ0) is 17.1. The normalized spacial score (nSPS) is 11.4. The second kappa shape index (κ2) is 11.2. The van der Waals surface area contributed by atoms with Crippen molar-refractivity contribution in [3.63, 3.8) is 0 Å². The molecule has 0 amide bonds. The van der Waals surface area contributed by atoms with Crippen molar-refractivity contribution < 1.29 is 51.8 Å². The molecule has 0 aliphatic heterocycles. The first-order chi connectivity index (χ1) is 7.73. The van der Waals surface area contributed by atoms with Crippen LogP contribution in [0.15, 0.2) is 0 Å². The van der Waals surface area contributed by atoms with Crippen LogP contribution in [0, 0.1) is 7.05 Å². The van der Waals surface area contributed by atoms with Crippen LogP contribution in [0.2, 0.25) is 0 Å². The van der Waals surface area contributed by atoms with Gasteiger partial charge in [0.25, 0.3) is 0 Å². The van der Waals surface area contributed by atoms with Crippen molar-refractivity contribution in [2.75, 3.05) is 14.1 Å². The van der Waals surface area contributed by atoms with Gasteiger partial charge in [-0.2, -0.15) is 0 Å². The SMILES string of the molecule is F[B-](F)(F)F.F[B-](F)(F)F.F[B-](F)(F)F.[C+3]N(C)C. The van der Waals surface area contributed by atoms with E-state index in [4.69, 9.17) is 7.05 Å². The predicted molar refractivity (Wildman–Crippen MR) is 47.5 cm³/mol. The molecule has 16 heteroatoms. The Morgan fingerprint density at radius 3 is 0.526 bits per heavy atom. The van der Waals surface area contributed by atoms with E-state index < -0.39 is 21.8 Å². The molecule has 0 fully saturated rings. The number of halogens is 12. The Hall–Kier alpha value is -0.685. The zero-order valence-electron chi connectivity index (χ0n) is 9.21. The van der Waals surface area contributed by atoms with Crippen molar-refractivity contribution in [3.8, 4) is 0 Å². The number of nitrogens with zero attached hydrogens (tertiary/aromatic N) is 1. The van der Waals surface area contributed by atoms with E-state index in [1.165, 1.54) is 4.90 Å². The summed E-state index contributed by atoms with van der Waals surface area (Å²) in [5.74, 6) is 0. The summed E-state index contributed by atoms with van der Waals surface area (Å²) in [7, 11) is -8.25. The Balaban J connectivity index is -0.0000000793. The van der Waals surface area contributed by atoms with Crippen LogP contribution in [0.4, 0.5) is 51.8 Å². The fraction of sp³-hybridized carbons (Fsp3) is 0.667. The first kappa shape index (κ1) is 26.8. The maximum atomic E-state index is 9.75. The van der Waals surface area contributed by atoms with E-state index >= 15 is 0 Å². The molecule has 0 aromatic rings. The van der Waals surface area contributed by atoms with Crippen LogP contribution in [-0.4, -0.2) is 40.8 Å². The fourth-order valence-corrected chi connectivity index (χ4v) is 0. The van der Waals surface area contributed by atoms with Crippen molar-refractivity contribution in [1.82, 2.24) is 4.90 Å². The molecule has 0 saturated carbocycles. The van der Waals surface area contributed by atoms with Crippen molar-refractivity contribution in [2.45, 2.75) is 0 Å². The minimum atomic E-state index is -6.00. The van der Waals surface area contributed by atoms with E-state index in [1.54, 1.807) is 14.1 Å². The monoisotopic (exact) mass is 317 g/mol. The summed E-state index contributed by atoms with van der Waals surface area (Å²) in [4.78, 5) is 1.25. The number of hydrogen-bond acceptors (Lipinski definition) is 1. The summed E-state index contributed by atoms with van der Waals surface area (Å²) in [5.41, 5.74) is 0. The Morgan fingerprint density at radius 2 is 0.526 bits per heavy atom. The van der Waals surface area contributed by atoms with E-state index in [9.17, 15) is 51.8 Å². The first-order valence-corrected chi connectivity index (χ1v) is 3.74.